The molecule has 1 unspecified atom stereocenters. The summed E-state index contributed by atoms with van der Waals surface area (Å²) in [6.45, 7) is 3.80. The minimum absolute atomic E-state index is 0.372. The molecule has 0 radical (unpaired) electrons. The highest BCUT2D eigenvalue weighted by molar-refractivity contribution is 5.44. The van der Waals surface area contributed by atoms with Crippen LogP contribution in [0.4, 0.5) is 0 Å². The number of nitrogens with zero attached hydrogens (tertiary/aromatic N) is 2. The number of aromatic nitrogens is 2. The maximum absolute atomic E-state index is 11.7. The Hall–Kier alpha value is -2.72. The molecule has 1 N–H and O–H groups in total. The molecular formula is C20H20N2O2. The molecule has 1 atom stereocenters. The van der Waals surface area contributed by atoms with Crippen LogP contribution in [-0.4, -0.2) is 22.2 Å². The highest BCUT2D eigenvalue weighted by atomic mass is 16.5. The fourth-order valence-electron chi connectivity index (χ4n) is 2.82. The second-order valence-electron chi connectivity index (χ2n) is 5.78. The van der Waals surface area contributed by atoms with Crippen molar-refractivity contribution in [3.63, 3.8) is 0 Å². The first-order valence-electron chi connectivity index (χ1n) is 7.79. The van der Waals surface area contributed by atoms with Gasteiger partial charge in [-0.25, -0.2) is 9.97 Å². The zero-order valence-corrected chi connectivity index (χ0v) is 14.0. The van der Waals surface area contributed by atoms with Crippen molar-refractivity contribution in [1.82, 2.24) is 9.97 Å². The Balaban J connectivity index is 2.24. The summed E-state index contributed by atoms with van der Waals surface area (Å²) in [5.41, 5.74) is 1.63. The van der Waals surface area contributed by atoms with Crippen molar-refractivity contribution in [2.45, 2.75) is 19.4 Å². The molecule has 0 bridgehead atoms. The normalized spacial score (nSPS) is 13.3. The van der Waals surface area contributed by atoms with Gasteiger partial charge in [0, 0.05) is 11.4 Å². The molecule has 0 spiro atoms. The molecule has 3 aromatic rings. The van der Waals surface area contributed by atoms with Crippen molar-refractivity contribution in [2.75, 3.05) is 7.11 Å². The molecule has 0 fully saturated rings. The van der Waals surface area contributed by atoms with E-state index in [0.717, 1.165) is 22.7 Å². The molecule has 0 amide bonds. The zero-order chi connectivity index (χ0) is 17.2. The van der Waals surface area contributed by atoms with Crippen molar-refractivity contribution >= 4 is 0 Å². The fourth-order valence-corrected chi connectivity index (χ4v) is 2.82. The van der Waals surface area contributed by atoms with E-state index < -0.39 is 5.60 Å². The lowest BCUT2D eigenvalue weighted by Gasteiger charge is -2.28. The molecule has 4 heteroatoms. The topological polar surface area (TPSA) is 55.2 Å². The van der Waals surface area contributed by atoms with Gasteiger partial charge in [-0.1, -0.05) is 42.5 Å². The summed E-state index contributed by atoms with van der Waals surface area (Å²) in [4.78, 5) is 9.02. The fraction of sp³-hybridized carbons (Fsp3) is 0.200. The largest absolute Gasteiger partial charge is 0.497 e. The van der Waals surface area contributed by atoms with Crippen LogP contribution >= 0.6 is 0 Å². The predicted octanol–water partition coefficient (Wildman–Crippen LogP) is 3.39. The van der Waals surface area contributed by atoms with E-state index in [1.807, 2.05) is 74.5 Å². The van der Waals surface area contributed by atoms with Gasteiger partial charge in [0.05, 0.1) is 7.11 Å². The lowest BCUT2D eigenvalue weighted by Crippen LogP contribution is -2.31. The van der Waals surface area contributed by atoms with Gasteiger partial charge in [-0.3, -0.25) is 0 Å². The Morgan fingerprint density at radius 1 is 0.833 bits per heavy atom. The van der Waals surface area contributed by atoms with Gasteiger partial charge in [0.25, 0.3) is 0 Å². The van der Waals surface area contributed by atoms with Gasteiger partial charge in [-0.15, -0.1) is 0 Å². The predicted molar refractivity (Wildman–Crippen MR) is 93.0 cm³/mol. The molecule has 3 rings (SSSR count). The third kappa shape index (κ3) is 2.88. The SMILES string of the molecule is COc1ccc(C(O)(c2ccccc2)c2nc(C)cc(C)n2)cc1. The first-order valence-corrected chi connectivity index (χ1v) is 7.79. The summed E-state index contributed by atoms with van der Waals surface area (Å²) in [7, 11) is 1.62. The molecule has 1 aromatic heterocycles. The number of methoxy groups -OCH3 is 1. The number of hydrogen-bond donors (Lipinski definition) is 1. The van der Waals surface area contributed by atoms with Crippen LogP contribution in [0.5, 0.6) is 5.75 Å². The van der Waals surface area contributed by atoms with Crippen LogP contribution in [0.25, 0.3) is 0 Å². The molecule has 2 aromatic carbocycles. The highest BCUT2D eigenvalue weighted by Crippen LogP contribution is 2.35. The Morgan fingerprint density at radius 3 is 1.92 bits per heavy atom. The van der Waals surface area contributed by atoms with Crippen molar-refractivity contribution in [3.05, 3.63) is 89.0 Å². The highest BCUT2D eigenvalue weighted by Gasteiger charge is 2.37. The molecule has 4 nitrogen and oxygen atoms in total. The summed E-state index contributed by atoms with van der Waals surface area (Å²) in [5, 5.41) is 11.7. The van der Waals surface area contributed by atoms with Gasteiger partial charge in [-0.2, -0.15) is 0 Å². The van der Waals surface area contributed by atoms with E-state index in [4.69, 9.17) is 4.74 Å². The van der Waals surface area contributed by atoms with E-state index in [0.29, 0.717) is 11.4 Å². The molecule has 0 aliphatic rings. The van der Waals surface area contributed by atoms with Crippen molar-refractivity contribution in [1.29, 1.82) is 0 Å². The summed E-state index contributed by atoms with van der Waals surface area (Å²) in [6, 6.07) is 18.7. The van der Waals surface area contributed by atoms with Crippen LogP contribution in [0.2, 0.25) is 0 Å². The average Bonchev–Trinajstić information content (AvgIpc) is 2.61. The Labute approximate surface area is 141 Å². The van der Waals surface area contributed by atoms with E-state index in [1.54, 1.807) is 7.11 Å². The minimum Gasteiger partial charge on any atom is -0.497 e. The lowest BCUT2D eigenvalue weighted by molar-refractivity contribution is 0.115. The summed E-state index contributed by atoms with van der Waals surface area (Å²) < 4.78 is 5.22. The molecule has 0 saturated carbocycles. The van der Waals surface area contributed by atoms with Gasteiger partial charge in [0.2, 0.25) is 0 Å². The van der Waals surface area contributed by atoms with Crippen LogP contribution in [-0.2, 0) is 5.60 Å². The van der Waals surface area contributed by atoms with Crippen LogP contribution < -0.4 is 4.74 Å². The van der Waals surface area contributed by atoms with Crippen molar-refractivity contribution in [2.24, 2.45) is 0 Å². The summed E-state index contributed by atoms with van der Waals surface area (Å²) in [6.07, 6.45) is 0. The Bertz CT molecular complexity index is 812. The molecule has 1 heterocycles. The van der Waals surface area contributed by atoms with Gasteiger partial charge in [-0.05, 0) is 43.2 Å². The molecular weight excluding hydrogens is 300 g/mol. The second kappa shape index (κ2) is 6.42. The Morgan fingerprint density at radius 2 is 1.38 bits per heavy atom. The monoisotopic (exact) mass is 320 g/mol. The lowest BCUT2D eigenvalue weighted by atomic mass is 9.85. The van der Waals surface area contributed by atoms with Crippen LogP contribution in [0.3, 0.4) is 0 Å². The molecule has 122 valence electrons. The number of ether oxygens (including phenoxy) is 1. The van der Waals surface area contributed by atoms with E-state index in [9.17, 15) is 5.11 Å². The standard InChI is InChI=1S/C20H20N2O2/c1-14-13-15(2)22-19(21-14)20(23,16-7-5-4-6-8-16)17-9-11-18(24-3)12-10-17/h4-13,23H,1-3H3. The van der Waals surface area contributed by atoms with Gasteiger partial charge >= 0.3 is 0 Å². The van der Waals surface area contributed by atoms with E-state index in [2.05, 4.69) is 9.97 Å². The first-order chi connectivity index (χ1) is 11.5. The quantitative estimate of drug-likeness (QED) is 0.800. The Kier molecular flexibility index (Phi) is 4.32. The van der Waals surface area contributed by atoms with Gasteiger partial charge in [0.15, 0.2) is 11.4 Å². The minimum atomic E-state index is -1.43. The molecule has 0 saturated heterocycles. The van der Waals surface area contributed by atoms with Crippen molar-refractivity contribution in [3.8, 4) is 5.75 Å². The summed E-state index contributed by atoms with van der Waals surface area (Å²) >= 11 is 0. The number of aliphatic hydroxyl groups is 1. The van der Waals surface area contributed by atoms with Gasteiger partial charge in [0.1, 0.15) is 5.75 Å². The maximum Gasteiger partial charge on any atom is 0.174 e. The molecule has 0 aliphatic carbocycles. The average molecular weight is 320 g/mol. The van der Waals surface area contributed by atoms with Crippen LogP contribution in [0.15, 0.2) is 60.7 Å². The van der Waals surface area contributed by atoms with Crippen molar-refractivity contribution < 1.29 is 9.84 Å². The van der Waals surface area contributed by atoms with E-state index >= 15 is 0 Å². The van der Waals surface area contributed by atoms with Crippen LogP contribution in [0.1, 0.15) is 28.3 Å². The number of hydrogen-bond acceptors (Lipinski definition) is 4. The second-order valence-corrected chi connectivity index (χ2v) is 5.78. The molecule has 0 aliphatic heterocycles. The first kappa shape index (κ1) is 16.1. The number of rotatable bonds is 4. The number of aryl methyl sites for hydroxylation is 2. The molecule has 24 heavy (non-hydrogen) atoms. The van der Waals surface area contributed by atoms with E-state index in [1.165, 1.54) is 0 Å². The van der Waals surface area contributed by atoms with E-state index in [-0.39, 0.29) is 0 Å². The third-order valence-corrected chi connectivity index (χ3v) is 4.01. The number of benzene rings is 2. The smallest absolute Gasteiger partial charge is 0.174 e. The summed E-state index contributed by atoms with van der Waals surface area (Å²) in [5.74, 6) is 1.10. The zero-order valence-electron chi connectivity index (χ0n) is 14.0. The van der Waals surface area contributed by atoms with Crippen LogP contribution in [0, 0.1) is 13.8 Å². The van der Waals surface area contributed by atoms with Gasteiger partial charge < -0.3 is 9.84 Å². The third-order valence-electron chi connectivity index (χ3n) is 4.01. The maximum atomic E-state index is 11.7.